The van der Waals surface area contributed by atoms with Gasteiger partial charge in [-0.25, -0.2) is 4.98 Å². The van der Waals surface area contributed by atoms with E-state index in [0.717, 1.165) is 53.2 Å². The molecule has 0 radical (unpaired) electrons. The fourth-order valence-corrected chi connectivity index (χ4v) is 4.06. The lowest BCUT2D eigenvalue weighted by molar-refractivity contribution is -0.120. The van der Waals surface area contributed by atoms with Crippen LogP contribution in [0, 0.1) is 5.92 Å². The largest absolute Gasteiger partial charge is 0.376 e. The van der Waals surface area contributed by atoms with E-state index in [1.54, 1.807) is 11.3 Å². The summed E-state index contributed by atoms with van der Waals surface area (Å²) in [5.74, 6) is 0.397. The van der Waals surface area contributed by atoms with Crippen LogP contribution in [0.25, 0.3) is 11.3 Å². The van der Waals surface area contributed by atoms with Crippen LogP contribution in [-0.4, -0.2) is 30.1 Å². The maximum absolute atomic E-state index is 12.7. The van der Waals surface area contributed by atoms with Crippen molar-refractivity contribution in [3.05, 3.63) is 34.1 Å². The number of rotatable bonds is 5. The second-order valence-electron chi connectivity index (χ2n) is 6.38. The Morgan fingerprint density at radius 2 is 2.08 bits per heavy atom. The molecule has 1 saturated heterocycles. The molecule has 126 valence electrons. The number of ether oxygens (including phenoxy) is 1. The third kappa shape index (κ3) is 3.55. The van der Waals surface area contributed by atoms with E-state index in [0.29, 0.717) is 6.54 Å². The Hall–Kier alpha value is -1.24. The van der Waals surface area contributed by atoms with E-state index in [1.165, 1.54) is 0 Å². The van der Waals surface area contributed by atoms with E-state index in [2.05, 4.69) is 15.9 Å². The summed E-state index contributed by atoms with van der Waals surface area (Å²) >= 11 is 4.99. The van der Waals surface area contributed by atoms with Gasteiger partial charge in [0.25, 0.3) is 0 Å². The number of hydrogen-bond acceptors (Lipinski definition) is 4. The first-order chi connectivity index (χ1) is 11.7. The summed E-state index contributed by atoms with van der Waals surface area (Å²) in [6.45, 7) is 1.43. The quantitative estimate of drug-likeness (QED) is 0.733. The molecule has 1 aliphatic heterocycles. The van der Waals surface area contributed by atoms with Gasteiger partial charge in [0.15, 0.2) is 5.13 Å². The predicted octanol–water partition coefficient (Wildman–Crippen LogP) is 4.49. The van der Waals surface area contributed by atoms with Gasteiger partial charge >= 0.3 is 0 Å². The highest BCUT2D eigenvalue weighted by Crippen LogP contribution is 2.35. The van der Waals surface area contributed by atoms with Crippen LogP contribution in [0.15, 0.2) is 34.1 Å². The molecule has 1 aliphatic carbocycles. The van der Waals surface area contributed by atoms with Crippen LogP contribution in [-0.2, 0) is 9.53 Å². The molecule has 1 aromatic carbocycles. The van der Waals surface area contributed by atoms with E-state index in [9.17, 15) is 4.79 Å². The monoisotopic (exact) mass is 406 g/mol. The average Bonchev–Trinajstić information content (AvgIpc) is 3.10. The third-order valence-electron chi connectivity index (χ3n) is 4.47. The highest BCUT2D eigenvalue weighted by atomic mass is 79.9. The van der Waals surface area contributed by atoms with Gasteiger partial charge in [-0.3, -0.25) is 9.69 Å². The van der Waals surface area contributed by atoms with Crippen molar-refractivity contribution in [2.45, 2.75) is 31.8 Å². The minimum absolute atomic E-state index is 0.146. The molecule has 4 rings (SSSR count). The van der Waals surface area contributed by atoms with Crippen molar-refractivity contribution in [3.8, 4) is 11.3 Å². The van der Waals surface area contributed by atoms with Gasteiger partial charge in [-0.1, -0.05) is 28.1 Å². The first-order valence-electron chi connectivity index (χ1n) is 8.35. The van der Waals surface area contributed by atoms with E-state index in [4.69, 9.17) is 9.72 Å². The molecule has 2 aliphatic rings. The second kappa shape index (κ2) is 6.94. The normalized spacial score (nSPS) is 20.3. The molecule has 2 fully saturated rings. The van der Waals surface area contributed by atoms with E-state index >= 15 is 0 Å². The number of anilines is 1. The zero-order chi connectivity index (χ0) is 16.5. The maximum Gasteiger partial charge on any atom is 0.231 e. The summed E-state index contributed by atoms with van der Waals surface area (Å²) < 4.78 is 6.78. The molecule has 1 atom stereocenters. The minimum Gasteiger partial charge on any atom is -0.376 e. The van der Waals surface area contributed by atoms with Gasteiger partial charge in [0, 0.05) is 27.9 Å². The van der Waals surface area contributed by atoms with Gasteiger partial charge in [0.05, 0.1) is 18.3 Å². The lowest BCUT2D eigenvalue weighted by atomic mass is 10.2. The van der Waals surface area contributed by atoms with Gasteiger partial charge in [-0.05, 0) is 37.8 Å². The first-order valence-corrected chi connectivity index (χ1v) is 10.0. The van der Waals surface area contributed by atoms with Crippen molar-refractivity contribution in [1.29, 1.82) is 0 Å². The standard InChI is InChI=1S/C18H19BrN2O2S/c19-14-7-5-12(6-8-14)16-11-24-18(20-16)21(17(22)13-3-4-13)10-15-2-1-9-23-15/h5-8,11,13,15H,1-4,9-10H2. The van der Waals surface area contributed by atoms with Gasteiger partial charge in [0.1, 0.15) is 0 Å². The Kier molecular flexibility index (Phi) is 4.70. The average molecular weight is 407 g/mol. The Labute approximate surface area is 154 Å². The number of halogens is 1. The predicted molar refractivity (Wildman–Crippen MR) is 99.3 cm³/mol. The molecule has 2 heterocycles. The lowest BCUT2D eigenvalue weighted by Crippen LogP contribution is -2.38. The Balaban J connectivity index is 1.57. The zero-order valence-electron chi connectivity index (χ0n) is 13.3. The van der Waals surface area contributed by atoms with Gasteiger partial charge < -0.3 is 4.74 Å². The molecular weight excluding hydrogens is 388 g/mol. The molecular formula is C18H19BrN2O2S. The number of benzene rings is 1. The lowest BCUT2D eigenvalue weighted by Gasteiger charge is -2.23. The topological polar surface area (TPSA) is 42.4 Å². The van der Waals surface area contributed by atoms with Gasteiger partial charge in [-0.2, -0.15) is 0 Å². The second-order valence-corrected chi connectivity index (χ2v) is 8.13. The van der Waals surface area contributed by atoms with Crippen molar-refractivity contribution < 1.29 is 9.53 Å². The summed E-state index contributed by atoms with van der Waals surface area (Å²) in [5, 5.41) is 2.82. The third-order valence-corrected chi connectivity index (χ3v) is 5.86. The molecule has 1 unspecified atom stereocenters. The molecule has 1 saturated carbocycles. The van der Waals surface area contributed by atoms with Crippen LogP contribution in [0.1, 0.15) is 25.7 Å². The number of hydrogen-bond donors (Lipinski definition) is 0. The summed E-state index contributed by atoms with van der Waals surface area (Å²) in [7, 11) is 0. The first kappa shape index (κ1) is 16.2. The molecule has 1 amide bonds. The number of nitrogens with zero attached hydrogens (tertiary/aromatic N) is 2. The number of thiazole rings is 1. The van der Waals surface area contributed by atoms with Crippen LogP contribution in [0.5, 0.6) is 0 Å². The number of amides is 1. The number of carbonyl (C=O) groups excluding carboxylic acids is 1. The summed E-state index contributed by atoms with van der Waals surface area (Å²) in [6, 6.07) is 8.09. The Bertz CT molecular complexity index is 721. The highest BCUT2D eigenvalue weighted by molar-refractivity contribution is 9.10. The zero-order valence-corrected chi connectivity index (χ0v) is 15.7. The molecule has 0 N–H and O–H groups in total. The number of carbonyl (C=O) groups is 1. The summed E-state index contributed by atoms with van der Waals surface area (Å²) in [6.07, 6.45) is 4.27. The molecule has 4 nitrogen and oxygen atoms in total. The minimum atomic E-state index is 0.146. The van der Waals surface area contributed by atoms with Gasteiger partial charge in [-0.15, -0.1) is 11.3 Å². The van der Waals surface area contributed by atoms with Crippen LogP contribution in [0.3, 0.4) is 0 Å². The molecule has 0 spiro atoms. The smallest absolute Gasteiger partial charge is 0.231 e. The molecule has 1 aromatic heterocycles. The summed E-state index contributed by atoms with van der Waals surface area (Å²) in [4.78, 5) is 19.3. The van der Waals surface area contributed by atoms with Crippen molar-refractivity contribution in [2.75, 3.05) is 18.1 Å². The van der Waals surface area contributed by atoms with E-state index in [1.807, 2.05) is 34.5 Å². The molecule has 0 bridgehead atoms. The fraction of sp³-hybridized carbons (Fsp3) is 0.444. The highest BCUT2D eigenvalue weighted by Gasteiger charge is 2.36. The van der Waals surface area contributed by atoms with Crippen LogP contribution < -0.4 is 4.90 Å². The Morgan fingerprint density at radius 3 is 2.75 bits per heavy atom. The molecule has 24 heavy (non-hydrogen) atoms. The summed E-state index contributed by atoms with van der Waals surface area (Å²) in [5.41, 5.74) is 1.99. The number of aromatic nitrogens is 1. The van der Waals surface area contributed by atoms with Crippen LogP contribution >= 0.6 is 27.3 Å². The fourth-order valence-electron chi connectivity index (χ4n) is 2.95. The van der Waals surface area contributed by atoms with Crippen molar-refractivity contribution >= 4 is 38.3 Å². The molecule has 6 heteroatoms. The van der Waals surface area contributed by atoms with Crippen molar-refractivity contribution in [2.24, 2.45) is 5.92 Å². The van der Waals surface area contributed by atoms with E-state index < -0.39 is 0 Å². The van der Waals surface area contributed by atoms with Crippen molar-refractivity contribution in [3.63, 3.8) is 0 Å². The van der Waals surface area contributed by atoms with Crippen LogP contribution in [0.4, 0.5) is 5.13 Å². The Morgan fingerprint density at radius 1 is 1.29 bits per heavy atom. The SMILES string of the molecule is O=C(C1CC1)N(CC1CCCO1)c1nc(-c2ccc(Br)cc2)cs1. The van der Waals surface area contributed by atoms with Crippen molar-refractivity contribution in [1.82, 2.24) is 4.98 Å². The van der Waals surface area contributed by atoms with E-state index in [-0.39, 0.29) is 17.9 Å². The van der Waals surface area contributed by atoms with Gasteiger partial charge in [0.2, 0.25) is 5.91 Å². The molecule has 2 aromatic rings. The van der Waals surface area contributed by atoms with Crippen LogP contribution in [0.2, 0.25) is 0 Å². The maximum atomic E-state index is 12.7.